The number of carbonyl (C=O) groups excluding carboxylic acids is 2. The molecular weight excluding hydrogens is 338 g/mol. The number of amides is 1. The second kappa shape index (κ2) is 9.22. The number of ether oxygens (including phenoxy) is 2. The Labute approximate surface area is 152 Å². The monoisotopic (exact) mass is 363 g/mol. The predicted molar refractivity (Wildman–Crippen MR) is 94.7 cm³/mol. The maximum Gasteiger partial charge on any atom is 0.305 e. The van der Waals surface area contributed by atoms with Gasteiger partial charge in [0.25, 0.3) is 0 Å². The quantitative estimate of drug-likeness (QED) is 0.535. The molecule has 26 heavy (non-hydrogen) atoms. The van der Waals surface area contributed by atoms with Gasteiger partial charge < -0.3 is 19.5 Å². The smallest absolute Gasteiger partial charge is 0.305 e. The zero-order valence-electron chi connectivity index (χ0n) is 15.2. The van der Waals surface area contributed by atoms with Gasteiger partial charge in [-0.05, 0) is 44.4 Å². The summed E-state index contributed by atoms with van der Waals surface area (Å²) in [7, 11) is 1.51. The first-order chi connectivity index (χ1) is 12.4. The van der Waals surface area contributed by atoms with Crippen LogP contribution in [0.2, 0.25) is 0 Å². The maximum absolute atomic E-state index is 12.3. The number of aliphatic carboxylic acids is 1. The number of rotatable bonds is 9. The zero-order valence-corrected chi connectivity index (χ0v) is 15.2. The van der Waals surface area contributed by atoms with Crippen LogP contribution < -0.4 is 9.47 Å². The lowest BCUT2D eigenvalue weighted by molar-refractivity contribution is -0.140. The van der Waals surface area contributed by atoms with Crippen LogP contribution in [0.3, 0.4) is 0 Å². The van der Waals surface area contributed by atoms with E-state index < -0.39 is 5.97 Å². The van der Waals surface area contributed by atoms with E-state index in [1.807, 2.05) is 0 Å². The number of carbonyl (C=O) groups is 3. The molecule has 1 N–H and O–H groups in total. The molecule has 142 valence electrons. The highest BCUT2D eigenvalue weighted by Crippen LogP contribution is 2.28. The lowest BCUT2D eigenvalue weighted by atomic mass is 10.1. The molecule has 1 unspecified atom stereocenters. The van der Waals surface area contributed by atoms with Crippen molar-refractivity contribution in [2.75, 3.05) is 20.3 Å². The molecule has 7 nitrogen and oxygen atoms in total. The first-order valence-corrected chi connectivity index (χ1v) is 8.75. The van der Waals surface area contributed by atoms with Crippen molar-refractivity contribution in [1.29, 1.82) is 0 Å². The number of carboxylic acid groups (broad SMARTS) is 1. The van der Waals surface area contributed by atoms with E-state index in [4.69, 9.17) is 14.6 Å². The molecule has 0 aliphatic carbocycles. The molecular formula is C19H25NO6. The van der Waals surface area contributed by atoms with Gasteiger partial charge in [-0.2, -0.15) is 0 Å². The van der Waals surface area contributed by atoms with Gasteiger partial charge in [0.15, 0.2) is 17.3 Å². The lowest BCUT2D eigenvalue weighted by Gasteiger charge is -2.23. The first kappa shape index (κ1) is 19.8. The number of likely N-dealkylation sites (tertiary alicyclic amines) is 1. The predicted octanol–water partition coefficient (Wildman–Crippen LogP) is 2.52. The van der Waals surface area contributed by atoms with Crippen molar-refractivity contribution in [3.63, 3.8) is 0 Å². The Balaban J connectivity index is 1.82. The molecule has 0 saturated carbocycles. The summed E-state index contributed by atoms with van der Waals surface area (Å²) < 4.78 is 10.9. The van der Waals surface area contributed by atoms with Gasteiger partial charge >= 0.3 is 5.97 Å². The molecule has 2 rings (SSSR count). The Morgan fingerprint density at radius 1 is 1.27 bits per heavy atom. The average Bonchev–Trinajstić information content (AvgIpc) is 3.05. The average molecular weight is 363 g/mol. The summed E-state index contributed by atoms with van der Waals surface area (Å²) in [6.45, 7) is 2.44. The summed E-state index contributed by atoms with van der Waals surface area (Å²) in [6.07, 6.45) is 2.42. The number of benzene rings is 1. The molecule has 1 aromatic rings. The molecule has 0 radical (unpaired) electrons. The molecule has 0 spiro atoms. The van der Waals surface area contributed by atoms with Crippen molar-refractivity contribution < 1.29 is 29.0 Å². The highest BCUT2D eigenvalue weighted by molar-refractivity contribution is 5.94. The van der Waals surface area contributed by atoms with Crippen LogP contribution in [0.15, 0.2) is 18.2 Å². The fourth-order valence-corrected chi connectivity index (χ4v) is 3.13. The second-order valence-corrected chi connectivity index (χ2v) is 6.35. The molecule has 1 atom stereocenters. The maximum atomic E-state index is 12.3. The van der Waals surface area contributed by atoms with Crippen LogP contribution in [0.1, 0.15) is 49.4 Å². The lowest BCUT2D eigenvalue weighted by Crippen LogP contribution is -2.36. The number of hydrogen-bond donors (Lipinski definition) is 1. The van der Waals surface area contributed by atoms with Gasteiger partial charge in [0.05, 0.1) is 20.1 Å². The Bertz CT molecular complexity index is 672. The van der Waals surface area contributed by atoms with E-state index in [0.29, 0.717) is 43.1 Å². The number of nitrogens with zero attached hydrogens (tertiary/aromatic N) is 1. The van der Waals surface area contributed by atoms with E-state index in [1.54, 1.807) is 23.1 Å². The van der Waals surface area contributed by atoms with Crippen molar-refractivity contribution in [2.24, 2.45) is 0 Å². The molecule has 1 aromatic carbocycles. The Morgan fingerprint density at radius 3 is 2.69 bits per heavy atom. The second-order valence-electron chi connectivity index (χ2n) is 6.35. The zero-order chi connectivity index (χ0) is 19.1. The molecule has 1 amide bonds. The minimum atomic E-state index is -0.876. The fraction of sp³-hybridized carbons (Fsp3) is 0.526. The molecule has 1 aliphatic heterocycles. The van der Waals surface area contributed by atoms with Crippen molar-refractivity contribution >= 4 is 17.7 Å². The fourth-order valence-electron chi connectivity index (χ4n) is 3.13. The van der Waals surface area contributed by atoms with Gasteiger partial charge in [-0.1, -0.05) is 0 Å². The van der Waals surface area contributed by atoms with Gasteiger partial charge in [-0.25, -0.2) is 0 Å². The third-order valence-corrected chi connectivity index (χ3v) is 4.47. The molecule has 1 aliphatic rings. The van der Waals surface area contributed by atoms with Crippen LogP contribution in [-0.4, -0.2) is 54.0 Å². The number of hydrogen-bond acceptors (Lipinski definition) is 5. The van der Waals surface area contributed by atoms with Crippen LogP contribution in [0.25, 0.3) is 0 Å². The minimum absolute atomic E-state index is 0.00192. The number of Topliss-reactive ketones (excluding diaryl/α,β-unsaturated/α-hetero) is 1. The number of ketones is 1. The summed E-state index contributed by atoms with van der Waals surface area (Å²) in [5.74, 6) is 0.0392. The van der Waals surface area contributed by atoms with Gasteiger partial charge in [0, 0.05) is 24.6 Å². The summed E-state index contributed by atoms with van der Waals surface area (Å²) in [5, 5.41) is 8.93. The largest absolute Gasteiger partial charge is 0.493 e. The standard InChI is InChI=1S/C19H25NO6/c1-13(21)14-7-8-16(17(11-14)25-2)26-10-4-6-18(22)20-9-3-5-15(20)12-19(23)24/h7-8,11,15H,3-6,9-10,12H2,1-2H3,(H,23,24). The topological polar surface area (TPSA) is 93.1 Å². The van der Waals surface area contributed by atoms with Crippen LogP contribution in [-0.2, 0) is 9.59 Å². The Morgan fingerprint density at radius 2 is 2.04 bits per heavy atom. The molecule has 0 aromatic heterocycles. The molecule has 1 fully saturated rings. The van der Waals surface area contributed by atoms with Gasteiger partial charge in [0.2, 0.25) is 5.91 Å². The van der Waals surface area contributed by atoms with E-state index in [-0.39, 0.29) is 24.2 Å². The first-order valence-electron chi connectivity index (χ1n) is 8.75. The molecule has 1 saturated heterocycles. The van der Waals surface area contributed by atoms with Crippen molar-refractivity contribution in [3.05, 3.63) is 23.8 Å². The van der Waals surface area contributed by atoms with E-state index >= 15 is 0 Å². The van der Waals surface area contributed by atoms with E-state index in [9.17, 15) is 14.4 Å². The highest BCUT2D eigenvalue weighted by Gasteiger charge is 2.29. The normalized spacial score (nSPS) is 16.4. The summed E-state index contributed by atoms with van der Waals surface area (Å²) >= 11 is 0. The van der Waals surface area contributed by atoms with Crippen LogP contribution >= 0.6 is 0 Å². The van der Waals surface area contributed by atoms with Crippen molar-refractivity contribution in [3.8, 4) is 11.5 Å². The van der Waals surface area contributed by atoms with Crippen molar-refractivity contribution in [1.82, 2.24) is 4.90 Å². The molecule has 7 heteroatoms. The van der Waals surface area contributed by atoms with Gasteiger partial charge in [-0.3, -0.25) is 14.4 Å². The molecule has 1 heterocycles. The van der Waals surface area contributed by atoms with E-state index in [1.165, 1.54) is 14.0 Å². The van der Waals surface area contributed by atoms with Gasteiger partial charge in [-0.15, -0.1) is 0 Å². The minimum Gasteiger partial charge on any atom is -0.493 e. The molecule has 0 bridgehead atoms. The summed E-state index contributed by atoms with van der Waals surface area (Å²) in [5.41, 5.74) is 0.544. The van der Waals surface area contributed by atoms with Crippen LogP contribution in [0.5, 0.6) is 11.5 Å². The van der Waals surface area contributed by atoms with E-state index in [0.717, 1.165) is 12.8 Å². The van der Waals surface area contributed by atoms with Gasteiger partial charge in [0.1, 0.15) is 0 Å². The summed E-state index contributed by atoms with van der Waals surface area (Å²) in [6, 6.07) is 4.79. The third kappa shape index (κ3) is 5.21. The van der Waals surface area contributed by atoms with Crippen molar-refractivity contribution in [2.45, 2.75) is 45.1 Å². The Kier molecular flexibility index (Phi) is 7.00. The number of methoxy groups -OCH3 is 1. The SMILES string of the molecule is COc1cc(C(C)=O)ccc1OCCCC(=O)N1CCCC1CC(=O)O. The highest BCUT2D eigenvalue weighted by atomic mass is 16.5. The van der Waals surface area contributed by atoms with Crippen LogP contribution in [0, 0.1) is 0 Å². The van der Waals surface area contributed by atoms with E-state index in [2.05, 4.69) is 0 Å². The Hall–Kier alpha value is -2.57. The number of carboxylic acids is 1. The van der Waals surface area contributed by atoms with Crippen LogP contribution in [0.4, 0.5) is 0 Å². The third-order valence-electron chi connectivity index (χ3n) is 4.47. The summed E-state index contributed by atoms with van der Waals surface area (Å²) in [4.78, 5) is 36.3.